The first-order chi connectivity index (χ1) is 9.81. The summed E-state index contributed by atoms with van der Waals surface area (Å²) in [4.78, 5) is 2.41. The number of hydrogen-bond acceptors (Lipinski definition) is 4. The van der Waals surface area contributed by atoms with Gasteiger partial charge in [0.25, 0.3) is 0 Å². The molecule has 1 N–H and O–H groups in total. The predicted molar refractivity (Wildman–Crippen MR) is 81.1 cm³/mol. The first-order valence-corrected chi connectivity index (χ1v) is 7.73. The zero-order valence-corrected chi connectivity index (χ0v) is 12.4. The molecule has 1 aromatic carbocycles. The number of nitrogens with one attached hydrogen (secondary N) is 1. The quantitative estimate of drug-likeness (QED) is 0.918. The lowest BCUT2D eigenvalue weighted by Gasteiger charge is -2.34. The Kier molecular flexibility index (Phi) is 4.01. The number of anilines is 1. The number of aryl methyl sites for hydroxylation is 1. The fourth-order valence-electron chi connectivity index (χ4n) is 2.81. The molecule has 20 heavy (non-hydrogen) atoms. The summed E-state index contributed by atoms with van der Waals surface area (Å²) < 4.78 is 12.1. The van der Waals surface area contributed by atoms with Crippen molar-refractivity contribution >= 4 is 5.69 Å². The van der Waals surface area contributed by atoms with Crippen LogP contribution in [0.15, 0.2) is 12.1 Å². The summed E-state index contributed by atoms with van der Waals surface area (Å²) in [5, 5.41) is 3.40. The van der Waals surface area contributed by atoms with Crippen LogP contribution < -0.4 is 19.7 Å². The van der Waals surface area contributed by atoms with E-state index in [1.54, 1.807) is 0 Å². The second kappa shape index (κ2) is 5.92. The maximum atomic E-state index is 6.09. The molecule has 0 amide bonds. The standard InChI is InChI=1S/C16H24N2O2/c1-3-12-9-14(18-7-5-17-6-8-18)16-15(10-12)20-13(4-2)11-19-16/h9-10,13,17H,3-8,11H2,1-2H3. The van der Waals surface area contributed by atoms with Gasteiger partial charge in [-0.2, -0.15) is 0 Å². The zero-order valence-electron chi connectivity index (χ0n) is 12.4. The summed E-state index contributed by atoms with van der Waals surface area (Å²) in [6.45, 7) is 9.10. The van der Waals surface area contributed by atoms with Gasteiger partial charge < -0.3 is 19.7 Å². The highest BCUT2D eigenvalue weighted by Crippen LogP contribution is 2.42. The molecule has 2 aliphatic heterocycles. The maximum Gasteiger partial charge on any atom is 0.184 e. The van der Waals surface area contributed by atoms with E-state index >= 15 is 0 Å². The number of ether oxygens (including phenoxy) is 2. The van der Waals surface area contributed by atoms with E-state index in [9.17, 15) is 0 Å². The fraction of sp³-hybridized carbons (Fsp3) is 0.625. The van der Waals surface area contributed by atoms with Crippen molar-refractivity contribution in [2.24, 2.45) is 0 Å². The molecule has 4 heteroatoms. The van der Waals surface area contributed by atoms with Gasteiger partial charge in [-0.3, -0.25) is 0 Å². The lowest BCUT2D eigenvalue weighted by Crippen LogP contribution is -2.44. The van der Waals surface area contributed by atoms with Crippen LogP contribution in [0.5, 0.6) is 11.5 Å². The number of fused-ring (bicyclic) bond motifs is 1. The molecular formula is C16H24N2O2. The molecule has 1 saturated heterocycles. The van der Waals surface area contributed by atoms with Gasteiger partial charge in [0.2, 0.25) is 0 Å². The SMILES string of the molecule is CCc1cc2c(c(N3CCNCC3)c1)OCC(CC)O2. The summed E-state index contributed by atoms with van der Waals surface area (Å²) in [5.41, 5.74) is 2.52. The summed E-state index contributed by atoms with van der Waals surface area (Å²) in [6.07, 6.45) is 2.19. The van der Waals surface area contributed by atoms with E-state index in [0.29, 0.717) is 6.61 Å². The molecule has 0 spiro atoms. The van der Waals surface area contributed by atoms with Crippen LogP contribution in [0.3, 0.4) is 0 Å². The molecule has 1 unspecified atom stereocenters. The van der Waals surface area contributed by atoms with Crippen LogP contribution >= 0.6 is 0 Å². The van der Waals surface area contributed by atoms with Gasteiger partial charge in [-0.15, -0.1) is 0 Å². The fourth-order valence-corrected chi connectivity index (χ4v) is 2.81. The molecule has 2 heterocycles. The van der Waals surface area contributed by atoms with Crippen molar-refractivity contribution in [2.45, 2.75) is 32.8 Å². The van der Waals surface area contributed by atoms with Crippen molar-refractivity contribution in [3.63, 3.8) is 0 Å². The predicted octanol–water partition coefficient (Wildman–Crippen LogP) is 2.21. The Balaban J connectivity index is 1.96. The van der Waals surface area contributed by atoms with E-state index in [-0.39, 0.29) is 6.10 Å². The minimum atomic E-state index is 0.186. The van der Waals surface area contributed by atoms with Crippen LogP contribution in [0.4, 0.5) is 5.69 Å². The third-order valence-corrected chi connectivity index (χ3v) is 4.12. The van der Waals surface area contributed by atoms with Crippen molar-refractivity contribution in [2.75, 3.05) is 37.7 Å². The normalized spacial score (nSPS) is 21.9. The van der Waals surface area contributed by atoms with Gasteiger partial charge in [0, 0.05) is 26.2 Å². The van der Waals surface area contributed by atoms with Gasteiger partial charge >= 0.3 is 0 Å². The number of hydrogen-bond donors (Lipinski definition) is 1. The Labute approximate surface area is 121 Å². The highest BCUT2D eigenvalue weighted by Gasteiger charge is 2.26. The van der Waals surface area contributed by atoms with Crippen LogP contribution in [-0.4, -0.2) is 38.9 Å². The molecule has 1 fully saturated rings. The highest BCUT2D eigenvalue weighted by molar-refractivity contribution is 5.67. The molecule has 0 aliphatic carbocycles. The van der Waals surface area contributed by atoms with Gasteiger partial charge in [-0.05, 0) is 30.5 Å². The van der Waals surface area contributed by atoms with Crippen LogP contribution in [0.1, 0.15) is 25.8 Å². The number of rotatable bonds is 3. The van der Waals surface area contributed by atoms with E-state index < -0.39 is 0 Å². The zero-order chi connectivity index (χ0) is 13.9. The van der Waals surface area contributed by atoms with Crippen molar-refractivity contribution in [1.29, 1.82) is 0 Å². The largest absolute Gasteiger partial charge is 0.484 e. The summed E-state index contributed by atoms with van der Waals surface area (Å²) >= 11 is 0. The van der Waals surface area contributed by atoms with Crippen LogP contribution in [-0.2, 0) is 6.42 Å². The van der Waals surface area contributed by atoms with Crippen molar-refractivity contribution < 1.29 is 9.47 Å². The Morgan fingerprint density at radius 2 is 2.05 bits per heavy atom. The average Bonchev–Trinajstić information content (AvgIpc) is 2.53. The van der Waals surface area contributed by atoms with Crippen molar-refractivity contribution in [1.82, 2.24) is 5.32 Å². The lowest BCUT2D eigenvalue weighted by atomic mass is 10.1. The van der Waals surface area contributed by atoms with Gasteiger partial charge in [0.15, 0.2) is 11.5 Å². The van der Waals surface area contributed by atoms with Gasteiger partial charge in [0.1, 0.15) is 12.7 Å². The Morgan fingerprint density at radius 1 is 1.25 bits per heavy atom. The first-order valence-electron chi connectivity index (χ1n) is 7.73. The molecule has 0 bridgehead atoms. The molecule has 3 rings (SSSR count). The third-order valence-electron chi connectivity index (χ3n) is 4.12. The monoisotopic (exact) mass is 276 g/mol. The molecule has 1 atom stereocenters. The van der Waals surface area contributed by atoms with E-state index in [1.807, 2.05) is 0 Å². The summed E-state index contributed by atoms with van der Waals surface area (Å²) in [5.74, 6) is 1.87. The Bertz CT molecular complexity index is 470. The Morgan fingerprint density at radius 3 is 2.75 bits per heavy atom. The van der Waals surface area contributed by atoms with Gasteiger partial charge in [-0.25, -0.2) is 0 Å². The van der Waals surface area contributed by atoms with E-state index in [2.05, 4.69) is 36.2 Å². The van der Waals surface area contributed by atoms with Crippen molar-refractivity contribution in [3.05, 3.63) is 17.7 Å². The molecule has 0 aromatic heterocycles. The van der Waals surface area contributed by atoms with Crippen LogP contribution in [0.25, 0.3) is 0 Å². The Hall–Kier alpha value is -1.42. The van der Waals surface area contributed by atoms with Gasteiger partial charge in [-0.1, -0.05) is 13.8 Å². The van der Waals surface area contributed by atoms with E-state index in [0.717, 1.165) is 50.5 Å². The highest BCUT2D eigenvalue weighted by atomic mass is 16.6. The third kappa shape index (κ3) is 2.57. The number of piperazine rings is 1. The van der Waals surface area contributed by atoms with E-state index in [1.165, 1.54) is 11.3 Å². The van der Waals surface area contributed by atoms with Crippen LogP contribution in [0, 0.1) is 0 Å². The minimum absolute atomic E-state index is 0.186. The molecule has 4 nitrogen and oxygen atoms in total. The number of benzene rings is 1. The molecular weight excluding hydrogens is 252 g/mol. The van der Waals surface area contributed by atoms with Gasteiger partial charge in [0.05, 0.1) is 5.69 Å². The summed E-state index contributed by atoms with van der Waals surface area (Å²) in [7, 11) is 0. The van der Waals surface area contributed by atoms with Crippen molar-refractivity contribution in [3.8, 4) is 11.5 Å². The first kappa shape index (κ1) is 13.6. The molecule has 2 aliphatic rings. The second-order valence-electron chi connectivity index (χ2n) is 5.49. The number of nitrogens with zero attached hydrogens (tertiary/aromatic N) is 1. The smallest absolute Gasteiger partial charge is 0.184 e. The minimum Gasteiger partial charge on any atom is -0.484 e. The second-order valence-corrected chi connectivity index (χ2v) is 5.49. The topological polar surface area (TPSA) is 33.7 Å². The lowest BCUT2D eigenvalue weighted by molar-refractivity contribution is 0.0887. The maximum absolute atomic E-state index is 6.09. The van der Waals surface area contributed by atoms with Crippen LogP contribution in [0.2, 0.25) is 0 Å². The summed E-state index contributed by atoms with van der Waals surface area (Å²) in [6, 6.07) is 4.41. The molecule has 0 radical (unpaired) electrons. The molecule has 1 aromatic rings. The molecule has 110 valence electrons. The molecule has 0 saturated carbocycles. The van der Waals surface area contributed by atoms with E-state index in [4.69, 9.17) is 9.47 Å². The average molecular weight is 276 g/mol.